The first-order valence-corrected chi connectivity index (χ1v) is 15.8. The second kappa shape index (κ2) is 14.4. The van der Waals surface area contributed by atoms with Crippen molar-refractivity contribution >= 4 is 0 Å². The molecule has 2 aliphatic rings. The highest BCUT2D eigenvalue weighted by atomic mass is 19.1. The Kier molecular flexibility index (Phi) is 11.0. The summed E-state index contributed by atoms with van der Waals surface area (Å²) < 4.78 is 14.0. The van der Waals surface area contributed by atoms with Crippen LogP contribution in [0.2, 0.25) is 0 Å². The van der Waals surface area contributed by atoms with Crippen LogP contribution < -0.4 is 10.6 Å². The van der Waals surface area contributed by atoms with Gasteiger partial charge in [-0.15, -0.1) is 0 Å². The van der Waals surface area contributed by atoms with Gasteiger partial charge in [0.05, 0.1) is 12.1 Å². The first-order chi connectivity index (χ1) is 19.8. The van der Waals surface area contributed by atoms with Crippen molar-refractivity contribution in [3.63, 3.8) is 0 Å². The number of halogens is 1. The number of benzene rings is 2. The van der Waals surface area contributed by atoms with Gasteiger partial charge in [0.1, 0.15) is 5.82 Å². The van der Waals surface area contributed by atoms with E-state index in [0.29, 0.717) is 43.3 Å². The fraction of sp³-hybridized carbons (Fsp3) is 0.611. The Morgan fingerprint density at radius 3 is 1.95 bits per heavy atom. The van der Waals surface area contributed by atoms with Crippen LogP contribution in [0.1, 0.15) is 102 Å². The Morgan fingerprint density at radius 2 is 1.34 bits per heavy atom. The van der Waals surface area contributed by atoms with Crippen molar-refractivity contribution in [3.05, 3.63) is 71.0 Å². The van der Waals surface area contributed by atoms with Gasteiger partial charge in [0.25, 0.3) is 0 Å². The van der Waals surface area contributed by atoms with E-state index in [0.717, 1.165) is 69.9 Å². The minimum absolute atomic E-state index is 0.0353. The van der Waals surface area contributed by atoms with Gasteiger partial charge in [0, 0.05) is 43.6 Å². The largest absolute Gasteiger partial charge is 0.310 e. The molecule has 2 aromatic carbocycles. The molecule has 0 radical (unpaired) electrons. The Labute approximate surface area is 247 Å². The van der Waals surface area contributed by atoms with Gasteiger partial charge in [-0.05, 0) is 97.6 Å². The second-order valence-corrected chi connectivity index (χ2v) is 13.4. The fourth-order valence-electron chi connectivity index (χ4n) is 7.51. The van der Waals surface area contributed by atoms with Crippen LogP contribution in [0.5, 0.6) is 0 Å². The molecule has 0 spiro atoms. The lowest BCUT2D eigenvalue weighted by molar-refractivity contribution is 0.0949. The van der Waals surface area contributed by atoms with Crippen molar-refractivity contribution in [3.8, 4) is 12.1 Å². The van der Waals surface area contributed by atoms with E-state index in [1.165, 1.54) is 17.2 Å². The molecule has 2 aromatic rings. The quantitative estimate of drug-likeness (QED) is 0.276. The van der Waals surface area contributed by atoms with E-state index in [1.807, 2.05) is 12.1 Å². The van der Waals surface area contributed by atoms with Crippen LogP contribution in [-0.4, -0.2) is 12.1 Å². The van der Waals surface area contributed by atoms with Crippen LogP contribution in [0.15, 0.2) is 48.5 Å². The molecule has 0 heterocycles. The summed E-state index contributed by atoms with van der Waals surface area (Å²) in [6.07, 6.45) is 10.9. The topological polar surface area (TPSA) is 71.6 Å². The molecular weight excluding hydrogens is 507 g/mol. The maximum Gasteiger partial charge on any atom is 0.127 e. The van der Waals surface area contributed by atoms with Crippen molar-refractivity contribution in [2.45, 2.75) is 117 Å². The smallest absolute Gasteiger partial charge is 0.127 e. The lowest BCUT2D eigenvalue weighted by Gasteiger charge is -2.43. The average molecular weight is 557 g/mol. The maximum absolute atomic E-state index is 14.0. The zero-order chi connectivity index (χ0) is 29.3. The van der Waals surface area contributed by atoms with Crippen LogP contribution in [-0.2, 0) is 19.5 Å². The van der Waals surface area contributed by atoms with Gasteiger partial charge >= 0.3 is 0 Å². The third-order valence-corrected chi connectivity index (χ3v) is 10.8. The van der Waals surface area contributed by atoms with E-state index in [4.69, 9.17) is 0 Å². The lowest BCUT2D eigenvalue weighted by Crippen LogP contribution is -2.41. The van der Waals surface area contributed by atoms with Crippen molar-refractivity contribution < 1.29 is 4.39 Å². The molecule has 2 N–H and O–H groups in total. The van der Waals surface area contributed by atoms with E-state index in [9.17, 15) is 14.9 Å². The molecule has 0 bridgehead atoms. The number of nitrogens with one attached hydrogen (secondary N) is 2. The molecule has 1 unspecified atom stereocenters. The second-order valence-electron chi connectivity index (χ2n) is 13.4. The van der Waals surface area contributed by atoms with Crippen LogP contribution >= 0.6 is 0 Å². The summed E-state index contributed by atoms with van der Waals surface area (Å²) >= 11 is 0. The molecule has 0 amide bonds. The predicted octanol–water partition coefficient (Wildman–Crippen LogP) is 8.23. The first kappa shape index (κ1) is 31.2. The number of nitriles is 2. The van der Waals surface area contributed by atoms with Crippen molar-refractivity contribution in [2.75, 3.05) is 0 Å². The molecule has 0 aliphatic heterocycles. The molecule has 2 saturated carbocycles. The van der Waals surface area contributed by atoms with Crippen molar-refractivity contribution in [1.29, 1.82) is 10.5 Å². The molecule has 2 fully saturated rings. The summed E-state index contributed by atoms with van der Waals surface area (Å²) in [4.78, 5) is 0. The summed E-state index contributed by atoms with van der Waals surface area (Å²) in [5, 5.41) is 26.5. The summed E-state index contributed by atoms with van der Waals surface area (Å²) in [5.74, 6) is 0.819. The number of hydrogen-bond donors (Lipinski definition) is 2. The van der Waals surface area contributed by atoms with Crippen LogP contribution in [0.4, 0.5) is 4.39 Å². The Hall–Kier alpha value is -2.73. The fourth-order valence-corrected chi connectivity index (χ4v) is 7.51. The Bertz CT molecular complexity index is 1190. The minimum atomic E-state index is -0.150. The van der Waals surface area contributed by atoms with E-state index < -0.39 is 0 Å². The molecule has 4 rings (SSSR count). The van der Waals surface area contributed by atoms with Crippen LogP contribution in [0.25, 0.3) is 0 Å². The highest BCUT2D eigenvalue weighted by Gasteiger charge is 2.40. The third-order valence-electron chi connectivity index (χ3n) is 10.8. The highest BCUT2D eigenvalue weighted by Crippen LogP contribution is 2.47. The van der Waals surface area contributed by atoms with Gasteiger partial charge in [-0.3, -0.25) is 0 Å². The van der Waals surface area contributed by atoms with Crippen molar-refractivity contribution in [2.24, 2.45) is 22.7 Å². The molecule has 1 atom stereocenters. The first-order valence-electron chi connectivity index (χ1n) is 15.8. The number of rotatable bonds is 12. The Morgan fingerprint density at radius 1 is 0.780 bits per heavy atom. The maximum atomic E-state index is 14.0. The van der Waals surface area contributed by atoms with Gasteiger partial charge in [-0.1, -0.05) is 63.2 Å². The predicted molar refractivity (Wildman–Crippen MR) is 164 cm³/mol. The monoisotopic (exact) mass is 556 g/mol. The molecule has 0 aromatic heterocycles. The summed E-state index contributed by atoms with van der Waals surface area (Å²) in [5.41, 5.74) is 3.62. The zero-order valence-electron chi connectivity index (χ0n) is 25.4. The summed E-state index contributed by atoms with van der Waals surface area (Å²) in [7, 11) is 0. The van der Waals surface area contributed by atoms with Gasteiger partial charge in [-0.2, -0.15) is 10.5 Å². The van der Waals surface area contributed by atoms with Crippen LogP contribution in [0, 0.1) is 51.1 Å². The SMILES string of the molecule is CC(C)C1(CC#N)CCC(NCc2cccc(CC(C)C3(CC#N)CCC(NCc4ccccc4F)CC3)c2)CC1. The molecule has 41 heavy (non-hydrogen) atoms. The van der Waals surface area contributed by atoms with E-state index in [2.05, 4.69) is 67.8 Å². The van der Waals surface area contributed by atoms with E-state index in [-0.39, 0.29) is 16.6 Å². The Balaban J connectivity index is 1.28. The molecule has 4 nitrogen and oxygen atoms in total. The minimum Gasteiger partial charge on any atom is -0.310 e. The van der Waals surface area contributed by atoms with Crippen LogP contribution in [0.3, 0.4) is 0 Å². The molecule has 2 aliphatic carbocycles. The van der Waals surface area contributed by atoms with Gasteiger partial charge < -0.3 is 10.6 Å². The molecule has 220 valence electrons. The normalized spacial score (nSPS) is 27.2. The standard InChI is InChI=1S/C36H49FN4/c1-27(2)35(19-21-38)15-11-32(12-16-35)40-25-30-8-6-7-29(24-30)23-28(3)36(20-22-39)17-13-33(14-18-36)41-26-31-9-4-5-10-34(31)37/h4-10,24,27-28,32-33,40-41H,11-20,23,25-26H2,1-3H3. The van der Waals surface area contributed by atoms with Gasteiger partial charge in [-0.25, -0.2) is 4.39 Å². The lowest BCUT2D eigenvalue weighted by atomic mass is 9.62. The van der Waals surface area contributed by atoms with Gasteiger partial charge in [0.2, 0.25) is 0 Å². The van der Waals surface area contributed by atoms with E-state index >= 15 is 0 Å². The third kappa shape index (κ3) is 7.97. The van der Waals surface area contributed by atoms with Crippen molar-refractivity contribution in [1.82, 2.24) is 10.6 Å². The molecular formula is C36H49FN4. The van der Waals surface area contributed by atoms with E-state index in [1.54, 1.807) is 6.07 Å². The van der Waals surface area contributed by atoms with Gasteiger partial charge in [0.15, 0.2) is 0 Å². The zero-order valence-corrected chi connectivity index (χ0v) is 25.4. The summed E-state index contributed by atoms with van der Waals surface area (Å²) in [6.45, 7) is 8.31. The molecule has 0 saturated heterocycles. The summed E-state index contributed by atoms with van der Waals surface area (Å²) in [6, 6.07) is 21.8. The average Bonchev–Trinajstić information content (AvgIpc) is 2.97. The molecule has 5 heteroatoms. The highest BCUT2D eigenvalue weighted by molar-refractivity contribution is 5.24. The number of hydrogen-bond acceptors (Lipinski definition) is 4. The number of nitrogens with zero attached hydrogens (tertiary/aromatic N) is 2.